The maximum absolute atomic E-state index is 5.47. The SMILES string of the molecule is CCC(Nc1cccc(C)c1C)c1ccco1. The molecule has 0 amide bonds. The first-order chi connectivity index (χ1) is 8.22. The van der Waals surface area contributed by atoms with E-state index in [1.165, 1.54) is 16.8 Å². The quantitative estimate of drug-likeness (QED) is 0.837. The lowest BCUT2D eigenvalue weighted by molar-refractivity contribution is 0.474. The predicted octanol–water partition coefficient (Wildman–Crippen LogP) is 4.46. The van der Waals surface area contributed by atoms with E-state index in [9.17, 15) is 0 Å². The van der Waals surface area contributed by atoms with Crippen molar-refractivity contribution in [1.82, 2.24) is 0 Å². The summed E-state index contributed by atoms with van der Waals surface area (Å²) >= 11 is 0. The molecule has 1 aromatic heterocycles. The Bertz CT molecular complexity index is 474. The molecule has 0 bridgehead atoms. The molecule has 2 heteroatoms. The van der Waals surface area contributed by atoms with Gasteiger partial charge >= 0.3 is 0 Å². The van der Waals surface area contributed by atoms with E-state index < -0.39 is 0 Å². The van der Waals surface area contributed by atoms with Gasteiger partial charge in [-0.3, -0.25) is 0 Å². The van der Waals surface area contributed by atoms with Crippen LogP contribution in [0.3, 0.4) is 0 Å². The summed E-state index contributed by atoms with van der Waals surface area (Å²) in [6.45, 7) is 6.44. The second-order valence-electron chi connectivity index (χ2n) is 4.37. The molecular formula is C15H19NO. The van der Waals surface area contributed by atoms with Gasteiger partial charge in [0.2, 0.25) is 0 Å². The molecule has 17 heavy (non-hydrogen) atoms. The minimum Gasteiger partial charge on any atom is -0.467 e. The van der Waals surface area contributed by atoms with Crippen LogP contribution in [-0.4, -0.2) is 0 Å². The molecule has 0 fully saturated rings. The second-order valence-corrected chi connectivity index (χ2v) is 4.37. The molecule has 0 aliphatic heterocycles. The summed E-state index contributed by atoms with van der Waals surface area (Å²) in [6.07, 6.45) is 2.73. The monoisotopic (exact) mass is 229 g/mol. The number of nitrogens with one attached hydrogen (secondary N) is 1. The highest BCUT2D eigenvalue weighted by Crippen LogP contribution is 2.26. The van der Waals surface area contributed by atoms with E-state index in [1.807, 2.05) is 12.1 Å². The first kappa shape index (κ1) is 11.8. The highest BCUT2D eigenvalue weighted by atomic mass is 16.3. The van der Waals surface area contributed by atoms with Gasteiger partial charge in [-0.2, -0.15) is 0 Å². The minimum atomic E-state index is 0.241. The van der Waals surface area contributed by atoms with Crippen molar-refractivity contribution in [3.8, 4) is 0 Å². The fourth-order valence-electron chi connectivity index (χ4n) is 1.96. The van der Waals surface area contributed by atoms with Crippen LogP contribution in [0.5, 0.6) is 0 Å². The van der Waals surface area contributed by atoms with Crippen LogP contribution in [0.15, 0.2) is 41.0 Å². The Morgan fingerprint density at radius 2 is 2.00 bits per heavy atom. The van der Waals surface area contributed by atoms with Crippen molar-refractivity contribution in [2.24, 2.45) is 0 Å². The summed E-state index contributed by atoms with van der Waals surface area (Å²) in [6, 6.07) is 10.5. The van der Waals surface area contributed by atoms with Gasteiger partial charge in [0.05, 0.1) is 12.3 Å². The van der Waals surface area contributed by atoms with Crippen LogP contribution in [0.2, 0.25) is 0 Å². The number of hydrogen-bond donors (Lipinski definition) is 1. The molecular weight excluding hydrogens is 210 g/mol. The lowest BCUT2D eigenvalue weighted by Crippen LogP contribution is -2.10. The van der Waals surface area contributed by atoms with Gasteiger partial charge in [0.1, 0.15) is 5.76 Å². The number of hydrogen-bond acceptors (Lipinski definition) is 2. The Labute approximate surface area is 103 Å². The van der Waals surface area contributed by atoms with Gasteiger partial charge < -0.3 is 9.73 Å². The molecule has 1 atom stereocenters. The third-order valence-corrected chi connectivity index (χ3v) is 3.23. The Morgan fingerprint density at radius 1 is 1.18 bits per heavy atom. The van der Waals surface area contributed by atoms with Crippen LogP contribution in [0, 0.1) is 13.8 Å². The molecule has 0 aliphatic rings. The van der Waals surface area contributed by atoms with Crippen molar-refractivity contribution >= 4 is 5.69 Å². The molecule has 0 saturated carbocycles. The molecule has 1 aromatic carbocycles. The number of aryl methyl sites for hydroxylation is 1. The largest absolute Gasteiger partial charge is 0.467 e. The number of benzene rings is 1. The molecule has 2 aromatic rings. The van der Waals surface area contributed by atoms with Gasteiger partial charge in [0.25, 0.3) is 0 Å². The van der Waals surface area contributed by atoms with E-state index in [0.717, 1.165) is 12.2 Å². The van der Waals surface area contributed by atoms with E-state index >= 15 is 0 Å². The van der Waals surface area contributed by atoms with Gasteiger partial charge in [0.15, 0.2) is 0 Å². The van der Waals surface area contributed by atoms with Crippen LogP contribution in [0.1, 0.15) is 36.3 Å². The average molecular weight is 229 g/mol. The first-order valence-corrected chi connectivity index (χ1v) is 6.08. The normalized spacial score (nSPS) is 12.4. The molecule has 2 nitrogen and oxygen atoms in total. The molecule has 0 saturated heterocycles. The Kier molecular flexibility index (Phi) is 3.52. The van der Waals surface area contributed by atoms with Gasteiger partial charge in [-0.05, 0) is 49.6 Å². The molecule has 0 radical (unpaired) electrons. The smallest absolute Gasteiger partial charge is 0.125 e. The number of anilines is 1. The first-order valence-electron chi connectivity index (χ1n) is 6.08. The summed E-state index contributed by atoms with van der Waals surface area (Å²) in [4.78, 5) is 0. The fourth-order valence-corrected chi connectivity index (χ4v) is 1.96. The summed E-state index contributed by atoms with van der Waals surface area (Å²) in [5, 5.41) is 3.55. The molecule has 0 spiro atoms. The van der Waals surface area contributed by atoms with E-state index in [0.29, 0.717) is 0 Å². The molecule has 1 N–H and O–H groups in total. The van der Waals surface area contributed by atoms with E-state index in [2.05, 4.69) is 44.3 Å². The van der Waals surface area contributed by atoms with E-state index in [-0.39, 0.29) is 6.04 Å². The van der Waals surface area contributed by atoms with Crippen molar-refractivity contribution in [3.05, 3.63) is 53.5 Å². The summed E-state index contributed by atoms with van der Waals surface area (Å²) in [7, 11) is 0. The fraction of sp³-hybridized carbons (Fsp3) is 0.333. The molecule has 1 unspecified atom stereocenters. The Hall–Kier alpha value is -1.70. The summed E-state index contributed by atoms with van der Waals surface area (Å²) in [5.74, 6) is 0.994. The molecule has 0 aliphatic carbocycles. The summed E-state index contributed by atoms with van der Waals surface area (Å²) in [5.41, 5.74) is 3.80. The Morgan fingerprint density at radius 3 is 2.65 bits per heavy atom. The molecule has 1 heterocycles. The third kappa shape index (κ3) is 2.52. The zero-order valence-corrected chi connectivity index (χ0v) is 10.7. The lowest BCUT2D eigenvalue weighted by Gasteiger charge is -2.18. The molecule has 90 valence electrons. The van der Waals surface area contributed by atoms with Crippen molar-refractivity contribution in [1.29, 1.82) is 0 Å². The summed E-state index contributed by atoms with van der Waals surface area (Å²) < 4.78 is 5.47. The van der Waals surface area contributed by atoms with Crippen LogP contribution >= 0.6 is 0 Å². The highest BCUT2D eigenvalue weighted by Gasteiger charge is 2.12. The van der Waals surface area contributed by atoms with Crippen LogP contribution in [0.25, 0.3) is 0 Å². The zero-order chi connectivity index (χ0) is 12.3. The maximum Gasteiger partial charge on any atom is 0.125 e. The second kappa shape index (κ2) is 5.09. The number of furan rings is 1. The maximum atomic E-state index is 5.47. The van der Waals surface area contributed by atoms with Gasteiger partial charge in [0, 0.05) is 5.69 Å². The standard InChI is InChI=1S/C15H19NO/c1-4-13(15-9-6-10-17-15)16-14-8-5-7-11(2)12(14)3/h5-10,13,16H,4H2,1-3H3. The third-order valence-electron chi connectivity index (χ3n) is 3.23. The molecule has 2 rings (SSSR count). The average Bonchev–Trinajstić information content (AvgIpc) is 2.85. The minimum absolute atomic E-state index is 0.241. The van der Waals surface area contributed by atoms with Gasteiger partial charge in [-0.1, -0.05) is 19.1 Å². The van der Waals surface area contributed by atoms with Crippen molar-refractivity contribution in [2.75, 3.05) is 5.32 Å². The Balaban J connectivity index is 2.22. The predicted molar refractivity (Wildman–Crippen MR) is 71.3 cm³/mol. The van der Waals surface area contributed by atoms with E-state index in [4.69, 9.17) is 4.42 Å². The van der Waals surface area contributed by atoms with Crippen LogP contribution < -0.4 is 5.32 Å². The van der Waals surface area contributed by atoms with Crippen molar-refractivity contribution in [2.45, 2.75) is 33.2 Å². The van der Waals surface area contributed by atoms with Gasteiger partial charge in [-0.25, -0.2) is 0 Å². The van der Waals surface area contributed by atoms with Crippen molar-refractivity contribution < 1.29 is 4.42 Å². The van der Waals surface area contributed by atoms with E-state index in [1.54, 1.807) is 6.26 Å². The highest BCUT2D eigenvalue weighted by molar-refractivity contribution is 5.54. The van der Waals surface area contributed by atoms with Crippen LogP contribution in [-0.2, 0) is 0 Å². The topological polar surface area (TPSA) is 25.2 Å². The van der Waals surface area contributed by atoms with Crippen LogP contribution in [0.4, 0.5) is 5.69 Å². The number of rotatable bonds is 4. The zero-order valence-electron chi connectivity index (χ0n) is 10.7. The van der Waals surface area contributed by atoms with Crippen molar-refractivity contribution in [3.63, 3.8) is 0 Å². The lowest BCUT2D eigenvalue weighted by atomic mass is 10.1. The van der Waals surface area contributed by atoms with Gasteiger partial charge in [-0.15, -0.1) is 0 Å².